The van der Waals surface area contributed by atoms with Gasteiger partial charge in [-0.1, -0.05) is 12.1 Å². The molecule has 1 aromatic carbocycles. The van der Waals surface area contributed by atoms with Crippen molar-refractivity contribution in [2.45, 2.75) is 37.0 Å². The molecule has 0 saturated carbocycles. The SMILES string of the molecule is NC1CC(N)CN(c2nc(Nc3ccccc3O)nc(N3CC(N)CC(N)C3)n2)C1. The number of para-hydroxylation sites is 2. The molecule has 11 heteroatoms. The van der Waals surface area contributed by atoms with E-state index < -0.39 is 0 Å². The molecule has 1 aromatic heterocycles. The van der Waals surface area contributed by atoms with Crippen molar-refractivity contribution in [3.8, 4) is 5.75 Å². The first-order chi connectivity index (χ1) is 14.4. The number of hydrogen-bond acceptors (Lipinski definition) is 11. The van der Waals surface area contributed by atoms with Crippen LogP contribution in [0.3, 0.4) is 0 Å². The molecule has 4 rings (SSSR count). The van der Waals surface area contributed by atoms with Crippen LogP contribution in [-0.4, -0.2) is 70.4 Å². The number of nitrogens with zero attached hydrogens (tertiary/aromatic N) is 5. The molecule has 0 amide bonds. The lowest BCUT2D eigenvalue weighted by molar-refractivity contribution is 0.441. The molecule has 0 radical (unpaired) electrons. The molecular weight excluding hydrogens is 384 g/mol. The van der Waals surface area contributed by atoms with Crippen molar-refractivity contribution in [2.75, 3.05) is 41.3 Å². The molecular formula is C19H30N10O. The normalized spacial score (nSPS) is 27.2. The molecule has 3 heterocycles. The highest BCUT2D eigenvalue weighted by atomic mass is 16.3. The van der Waals surface area contributed by atoms with Gasteiger partial charge < -0.3 is 43.2 Å². The predicted molar refractivity (Wildman–Crippen MR) is 117 cm³/mol. The van der Waals surface area contributed by atoms with E-state index in [0.29, 0.717) is 49.7 Å². The van der Waals surface area contributed by atoms with Crippen LogP contribution in [0.4, 0.5) is 23.5 Å². The van der Waals surface area contributed by atoms with E-state index in [-0.39, 0.29) is 29.9 Å². The summed E-state index contributed by atoms with van der Waals surface area (Å²) in [5.41, 5.74) is 25.2. The van der Waals surface area contributed by atoms with Gasteiger partial charge in [-0.25, -0.2) is 0 Å². The maximum atomic E-state index is 10.1. The van der Waals surface area contributed by atoms with E-state index in [9.17, 15) is 5.11 Å². The summed E-state index contributed by atoms with van der Waals surface area (Å²) < 4.78 is 0. The largest absolute Gasteiger partial charge is 0.506 e. The van der Waals surface area contributed by atoms with Gasteiger partial charge >= 0.3 is 0 Å². The van der Waals surface area contributed by atoms with Crippen LogP contribution in [-0.2, 0) is 0 Å². The van der Waals surface area contributed by atoms with Gasteiger partial charge in [-0.05, 0) is 25.0 Å². The number of benzene rings is 1. The van der Waals surface area contributed by atoms with Gasteiger partial charge in [-0.3, -0.25) is 0 Å². The molecule has 10 N–H and O–H groups in total. The summed E-state index contributed by atoms with van der Waals surface area (Å²) in [6, 6.07) is 6.68. The first-order valence-electron chi connectivity index (χ1n) is 10.2. The van der Waals surface area contributed by atoms with E-state index in [1.165, 1.54) is 0 Å². The van der Waals surface area contributed by atoms with Crippen LogP contribution in [0.1, 0.15) is 12.8 Å². The Balaban J connectivity index is 1.69. The number of rotatable bonds is 4. The van der Waals surface area contributed by atoms with Crippen LogP contribution in [0.2, 0.25) is 0 Å². The lowest BCUT2D eigenvalue weighted by atomic mass is 10.0. The second-order valence-electron chi connectivity index (χ2n) is 8.22. The maximum Gasteiger partial charge on any atom is 0.233 e. The fourth-order valence-corrected chi connectivity index (χ4v) is 4.08. The van der Waals surface area contributed by atoms with Gasteiger partial charge in [-0.15, -0.1) is 0 Å². The minimum absolute atomic E-state index is 0.0552. The Hall–Kier alpha value is -2.73. The molecule has 162 valence electrons. The quantitative estimate of drug-likeness (QED) is 0.339. The van der Waals surface area contributed by atoms with E-state index in [2.05, 4.69) is 20.3 Å². The zero-order valence-electron chi connectivity index (χ0n) is 16.9. The number of aromatic nitrogens is 3. The Kier molecular flexibility index (Phi) is 5.86. The van der Waals surface area contributed by atoms with Crippen LogP contribution in [0.5, 0.6) is 5.75 Å². The van der Waals surface area contributed by atoms with Crippen LogP contribution >= 0.6 is 0 Å². The van der Waals surface area contributed by atoms with Crippen LogP contribution in [0.15, 0.2) is 24.3 Å². The van der Waals surface area contributed by atoms with Gasteiger partial charge in [0.15, 0.2) is 0 Å². The van der Waals surface area contributed by atoms with Crippen molar-refractivity contribution in [3.05, 3.63) is 24.3 Å². The molecule has 2 aromatic rings. The van der Waals surface area contributed by atoms with Gasteiger partial charge in [-0.2, -0.15) is 15.0 Å². The number of phenolic OH excluding ortho intramolecular Hbond substituents is 1. The summed E-state index contributed by atoms with van der Waals surface area (Å²) >= 11 is 0. The second kappa shape index (κ2) is 8.56. The third-order valence-electron chi connectivity index (χ3n) is 5.36. The number of anilines is 4. The summed E-state index contributed by atoms with van der Waals surface area (Å²) in [5.74, 6) is 1.38. The number of aromatic hydroxyl groups is 1. The monoisotopic (exact) mass is 414 g/mol. The van der Waals surface area contributed by atoms with Gasteiger partial charge in [0, 0.05) is 50.3 Å². The van der Waals surface area contributed by atoms with Crippen molar-refractivity contribution in [1.82, 2.24) is 15.0 Å². The second-order valence-corrected chi connectivity index (χ2v) is 8.22. The average molecular weight is 415 g/mol. The fourth-order valence-electron chi connectivity index (χ4n) is 4.08. The molecule has 0 aliphatic carbocycles. The lowest BCUT2D eigenvalue weighted by Crippen LogP contribution is -2.54. The van der Waals surface area contributed by atoms with E-state index in [1.54, 1.807) is 18.2 Å². The minimum Gasteiger partial charge on any atom is -0.506 e. The minimum atomic E-state index is -0.0552. The van der Waals surface area contributed by atoms with Gasteiger partial charge in [0.05, 0.1) is 5.69 Å². The molecule has 4 unspecified atom stereocenters. The number of nitrogens with one attached hydrogen (secondary N) is 1. The first kappa shape index (κ1) is 20.5. The van der Waals surface area contributed by atoms with Crippen molar-refractivity contribution in [2.24, 2.45) is 22.9 Å². The number of phenols is 1. The van der Waals surface area contributed by atoms with Gasteiger partial charge in [0.25, 0.3) is 0 Å². The Labute approximate surface area is 175 Å². The molecule has 0 spiro atoms. The molecule has 0 bridgehead atoms. The smallest absolute Gasteiger partial charge is 0.233 e. The Bertz CT molecular complexity index is 816. The maximum absolute atomic E-state index is 10.1. The number of hydrogen-bond donors (Lipinski definition) is 6. The first-order valence-corrected chi connectivity index (χ1v) is 10.2. The highest BCUT2D eigenvalue weighted by Crippen LogP contribution is 2.27. The third-order valence-corrected chi connectivity index (χ3v) is 5.36. The lowest BCUT2D eigenvalue weighted by Gasteiger charge is -2.37. The zero-order chi connectivity index (χ0) is 21.3. The highest BCUT2D eigenvalue weighted by Gasteiger charge is 2.28. The molecule has 2 aliphatic rings. The summed E-state index contributed by atoms with van der Waals surface area (Å²) in [4.78, 5) is 17.8. The van der Waals surface area contributed by atoms with Crippen LogP contribution < -0.4 is 38.1 Å². The number of piperidine rings is 2. The van der Waals surface area contributed by atoms with Crippen LogP contribution in [0.25, 0.3) is 0 Å². The standard InChI is InChI=1S/C19H30N10O/c20-11-5-12(21)8-28(7-11)18-25-17(24-15-3-1-2-4-16(15)30)26-19(27-18)29-9-13(22)6-14(23)10-29/h1-4,11-14,30H,5-10,20-23H2,(H,24,25,26,27). The molecule has 2 saturated heterocycles. The summed E-state index contributed by atoms with van der Waals surface area (Å²) in [5, 5.41) is 13.2. The molecule has 11 nitrogen and oxygen atoms in total. The van der Waals surface area contributed by atoms with Crippen LogP contribution in [0, 0.1) is 0 Å². The zero-order valence-corrected chi connectivity index (χ0v) is 16.9. The highest BCUT2D eigenvalue weighted by molar-refractivity contribution is 5.63. The van der Waals surface area contributed by atoms with E-state index >= 15 is 0 Å². The number of nitrogens with two attached hydrogens (primary N) is 4. The summed E-state index contributed by atoms with van der Waals surface area (Å²) in [7, 11) is 0. The average Bonchev–Trinajstić information content (AvgIpc) is 2.68. The van der Waals surface area contributed by atoms with E-state index in [1.807, 2.05) is 15.9 Å². The van der Waals surface area contributed by atoms with E-state index in [4.69, 9.17) is 22.9 Å². The molecule has 4 atom stereocenters. The fraction of sp³-hybridized carbons (Fsp3) is 0.526. The van der Waals surface area contributed by atoms with Gasteiger partial charge in [0.1, 0.15) is 5.75 Å². The summed E-state index contributed by atoms with van der Waals surface area (Å²) in [6.07, 6.45) is 1.51. The Morgan fingerprint density at radius 3 is 1.70 bits per heavy atom. The van der Waals surface area contributed by atoms with E-state index in [0.717, 1.165) is 12.8 Å². The van der Waals surface area contributed by atoms with Crippen molar-refractivity contribution < 1.29 is 5.11 Å². The predicted octanol–water partition coefficient (Wildman–Crippen LogP) is -0.950. The molecule has 2 fully saturated rings. The van der Waals surface area contributed by atoms with Gasteiger partial charge in [0.2, 0.25) is 17.8 Å². The molecule has 30 heavy (non-hydrogen) atoms. The Morgan fingerprint density at radius 2 is 1.23 bits per heavy atom. The topological polar surface area (TPSA) is 181 Å². The third kappa shape index (κ3) is 4.70. The molecule has 2 aliphatic heterocycles. The van der Waals surface area contributed by atoms with Crippen molar-refractivity contribution in [3.63, 3.8) is 0 Å². The van der Waals surface area contributed by atoms with Crippen molar-refractivity contribution in [1.29, 1.82) is 0 Å². The summed E-state index contributed by atoms with van der Waals surface area (Å²) in [6.45, 7) is 2.41. The van der Waals surface area contributed by atoms with Crippen molar-refractivity contribution >= 4 is 23.5 Å². The Morgan fingerprint density at radius 1 is 0.767 bits per heavy atom.